The zero-order chi connectivity index (χ0) is 28.3. The van der Waals surface area contributed by atoms with Crippen LogP contribution in [0.15, 0.2) is 107 Å². The first-order chi connectivity index (χ1) is 20.1. The van der Waals surface area contributed by atoms with E-state index in [0.29, 0.717) is 19.1 Å². The van der Waals surface area contributed by atoms with E-state index < -0.39 is 0 Å². The lowest BCUT2D eigenvalue weighted by molar-refractivity contribution is 0.169. The van der Waals surface area contributed by atoms with Gasteiger partial charge in [-0.25, -0.2) is 0 Å². The Hall–Kier alpha value is -4.46. The third-order valence-electron chi connectivity index (χ3n) is 6.38. The molecule has 7 nitrogen and oxygen atoms in total. The van der Waals surface area contributed by atoms with Crippen LogP contribution in [-0.2, 0) is 4.74 Å². The maximum Gasteiger partial charge on any atom is 0.127 e. The molecular weight excluding hydrogens is 516 g/mol. The van der Waals surface area contributed by atoms with Crippen LogP contribution in [0.2, 0.25) is 0 Å². The fourth-order valence-electron chi connectivity index (χ4n) is 3.93. The fourth-order valence-corrected chi connectivity index (χ4v) is 3.93. The van der Waals surface area contributed by atoms with Crippen molar-refractivity contribution in [3.8, 4) is 23.0 Å². The molecule has 5 rings (SSSR count). The van der Waals surface area contributed by atoms with Gasteiger partial charge in [0.2, 0.25) is 0 Å². The minimum Gasteiger partial charge on any atom is -0.493 e. The summed E-state index contributed by atoms with van der Waals surface area (Å²) in [6.07, 6.45) is 5.53. The number of aliphatic imine (C=N–C) groups is 2. The largest absolute Gasteiger partial charge is 0.493 e. The van der Waals surface area contributed by atoms with E-state index in [1.54, 1.807) is 0 Å². The van der Waals surface area contributed by atoms with Crippen LogP contribution >= 0.6 is 0 Å². The van der Waals surface area contributed by atoms with Gasteiger partial charge in [0, 0.05) is 31.9 Å². The number of hydrogen-bond acceptors (Lipinski definition) is 7. The lowest BCUT2D eigenvalue weighted by Crippen LogP contribution is -2.13. The zero-order valence-electron chi connectivity index (χ0n) is 23.1. The summed E-state index contributed by atoms with van der Waals surface area (Å²) in [5.74, 6) is 3.08. The van der Waals surface area contributed by atoms with E-state index >= 15 is 0 Å². The van der Waals surface area contributed by atoms with Gasteiger partial charge in [0.15, 0.2) is 0 Å². The van der Waals surface area contributed by atoms with Crippen LogP contribution < -0.4 is 14.2 Å². The van der Waals surface area contributed by atoms with E-state index in [0.717, 1.165) is 58.5 Å². The van der Waals surface area contributed by atoms with Crippen LogP contribution in [0, 0.1) is 0 Å². The van der Waals surface area contributed by atoms with Crippen molar-refractivity contribution in [3.05, 3.63) is 108 Å². The van der Waals surface area contributed by atoms with Crippen molar-refractivity contribution in [2.75, 3.05) is 19.8 Å². The number of hydrogen-bond donors (Lipinski definition) is 1. The average molecular weight is 551 g/mol. The predicted molar refractivity (Wildman–Crippen MR) is 162 cm³/mol. The molecule has 1 aliphatic rings. The molecule has 2 unspecified atom stereocenters. The van der Waals surface area contributed by atoms with Gasteiger partial charge in [-0.15, -0.1) is 0 Å². The smallest absolute Gasteiger partial charge is 0.127 e. The van der Waals surface area contributed by atoms with Gasteiger partial charge in [0.05, 0.1) is 36.8 Å². The van der Waals surface area contributed by atoms with Crippen molar-refractivity contribution < 1.29 is 24.1 Å². The van der Waals surface area contributed by atoms with Crippen LogP contribution in [0.3, 0.4) is 0 Å². The fraction of sp³-hybridized carbons (Fsp3) is 0.235. The van der Waals surface area contributed by atoms with Gasteiger partial charge in [0.25, 0.3) is 0 Å². The van der Waals surface area contributed by atoms with E-state index in [-0.39, 0.29) is 12.7 Å². The normalized spacial score (nSPS) is 15.2. The summed E-state index contributed by atoms with van der Waals surface area (Å²) >= 11 is 0. The lowest BCUT2D eigenvalue weighted by atomic mass is 10.2. The first-order valence-electron chi connectivity index (χ1n) is 13.8. The Morgan fingerprint density at radius 2 is 1.24 bits per heavy atom. The summed E-state index contributed by atoms with van der Waals surface area (Å²) in [6, 6.07) is 30.9. The summed E-state index contributed by atoms with van der Waals surface area (Å²) in [7, 11) is 0. The van der Waals surface area contributed by atoms with E-state index in [1.807, 2.05) is 116 Å². The number of aliphatic hydroxyl groups is 1. The third kappa shape index (κ3) is 9.31. The molecule has 1 heterocycles. The van der Waals surface area contributed by atoms with Gasteiger partial charge in [0.1, 0.15) is 23.0 Å². The van der Waals surface area contributed by atoms with Crippen LogP contribution in [0.25, 0.3) is 0 Å². The number of benzene rings is 4. The van der Waals surface area contributed by atoms with Gasteiger partial charge in [-0.2, -0.15) is 0 Å². The molecule has 4 aromatic carbocycles. The Kier molecular flexibility index (Phi) is 9.76. The molecule has 2 atom stereocenters. The average Bonchev–Trinajstić information content (AvgIpc) is 3.83. The van der Waals surface area contributed by atoms with Crippen LogP contribution in [0.1, 0.15) is 30.9 Å². The molecule has 1 aliphatic heterocycles. The molecule has 0 aliphatic carbocycles. The minimum atomic E-state index is -0.0285. The highest BCUT2D eigenvalue weighted by Gasteiger charge is 2.21. The number of ether oxygens (including phenoxy) is 4. The van der Waals surface area contributed by atoms with Gasteiger partial charge < -0.3 is 24.1 Å². The lowest BCUT2D eigenvalue weighted by Gasteiger charge is -2.13. The van der Waals surface area contributed by atoms with Gasteiger partial charge in [-0.05, 0) is 115 Å². The molecule has 1 fully saturated rings. The highest BCUT2D eigenvalue weighted by atomic mass is 16.6. The van der Waals surface area contributed by atoms with E-state index in [2.05, 4.69) is 9.98 Å². The number of nitrogens with zero attached hydrogens (tertiary/aromatic N) is 2. The molecule has 1 saturated heterocycles. The summed E-state index contributed by atoms with van der Waals surface area (Å²) in [5.41, 5.74) is 3.63. The van der Waals surface area contributed by atoms with Gasteiger partial charge in [-0.3, -0.25) is 9.98 Å². The molecule has 7 heteroatoms. The van der Waals surface area contributed by atoms with Crippen LogP contribution in [-0.4, -0.2) is 49.6 Å². The first kappa shape index (κ1) is 28.1. The topological polar surface area (TPSA) is 85.2 Å². The second-order valence-electron chi connectivity index (χ2n) is 9.78. The Balaban J connectivity index is 1.08. The summed E-state index contributed by atoms with van der Waals surface area (Å²) in [6.45, 7) is 3.58. The maximum absolute atomic E-state index is 9.01. The quantitative estimate of drug-likeness (QED) is 0.132. The van der Waals surface area contributed by atoms with Gasteiger partial charge >= 0.3 is 0 Å². The highest BCUT2D eigenvalue weighted by molar-refractivity contribution is 5.82. The minimum absolute atomic E-state index is 0.0285. The Morgan fingerprint density at radius 3 is 1.73 bits per heavy atom. The summed E-state index contributed by atoms with van der Waals surface area (Å²) in [4.78, 5) is 9.11. The molecule has 210 valence electrons. The van der Waals surface area contributed by atoms with E-state index in [9.17, 15) is 0 Å². The van der Waals surface area contributed by atoms with E-state index in [4.69, 9.17) is 24.1 Å². The number of rotatable bonds is 14. The molecule has 1 N–H and O–H groups in total. The van der Waals surface area contributed by atoms with Crippen LogP contribution in [0.4, 0.5) is 11.4 Å². The van der Waals surface area contributed by atoms with Crippen molar-refractivity contribution in [2.24, 2.45) is 9.98 Å². The molecule has 0 amide bonds. The van der Waals surface area contributed by atoms with Crippen LogP contribution in [0.5, 0.6) is 23.0 Å². The zero-order valence-corrected chi connectivity index (χ0v) is 23.1. The van der Waals surface area contributed by atoms with Gasteiger partial charge in [-0.1, -0.05) is 0 Å². The molecule has 0 aromatic heterocycles. The molecule has 4 aromatic rings. The standard InChI is InChI=1S/C34H34N2O5/c1-25(18-20-37)40-31-12-4-27(5-13-31)23-36-29-8-16-33(17-9-29)41-32-14-6-28(7-15-32)35-22-26-2-10-30(11-3-26)38-21-19-34-24-39-34/h2-17,22-23,25,34,37H,18-21,24H2,1H3. The molecular formula is C34H34N2O5. The number of aliphatic hydroxyl groups excluding tert-OH is 1. The second kappa shape index (κ2) is 14.3. The first-order valence-corrected chi connectivity index (χ1v) is 13.8. The molecule has 0 spiro atoms. The monoisotopic (exact) mass is 550 g/mol. The SMILES string of the molecule is CC(CCO)Oc1ccc(C=Nc2ccc(Oc3ccc(N=Cc4ccc(OCCC5CO5)cc4)cc3)cc2)cc1. The number of epoxide rings is 1. The Bertz CT molecular complexity index is 1410. The molecule has 0 radical (unpaired) electrons. The van der Waals surface area contributed by atoms with Crippen molar-refractivity contribution in [2.45, 2.75) is 32.0 Å². The summed E-state index contributed by atoms with van der Waals surface area (Å²) in [5, 5.41) is 9.01. The molecule has 0 saturated carbocycles. The maximum atomic E-state index is 9.01. The molecule has 41 heavy (non-hydrogen) atoms. The second-order valence-corrected chi connectivity index (χ2v) is 9.78. The highest BCUT2D eigenvalue weighted by Crippen LogP contribution is 2.26. The predicted octanol–water partition coefficient (Wildman–Crippen LogP) is 7.30. The van der Waals surface area contributed by atoms with Crippen molar-refractivity contribution in [3.63, 3.8) is 0 Å². The Labute approximate surface area is 240 Å². The van der Waals surface area contributed by atoms with Crippen molar-refractivity contribution in [1.82, 2.24) is 0 Å². The van der Waals surface area contributed by atoms with E-state index in [1.165, 1.54) is 0 Å². The Morgan fingerprint density at radius 1 is 0.756 bits per heavy atom. The van der Waals surface area contributed by atoms with Crippen molar-refractivity contribution >= 4 is 23.8 Å². The summed E-state index contributed by atoms with van der Waals surface area (Å²) < 4.78 is 22.7. The third-order valence-corrected chi connectivity index (χ3v) is 6.38. The molecule has 0 bridgehead atoms. The van der Waals surface area contributed by atoms with Crippen molar-refractivity contribution in [1.29, 1.82) is 0 Å².